The van der Waals surface area contributed by atoms with Gasteiger partial charge in [-0.05, 0) is 54.3 Å². The Morgan fingerprint density at radius 2 is 2.15 bits per heavy atom. The van der Waals surface area contributed by atoms with Gasteiger partial charge < -0.3 is 8.82 Å². The highest BCUT2D eigenvalue weighted by Gasteiger charge is 2.16. The number of hydrogen-bond donors (Lipinski definition) is 0. The number of rotatable bonds is 4. The van der Waals surface area contributed by atoms with Crippen molar-refractivity contribution in [3.8, 4) is 0 Å². The number of imidazole rings is 1. The predicted molar refractivity (Wildman–Crippen MR) is 109 cm³/mol. The third kappa shape index (κ3) is 3.15. The number of fused-ring (bicyclic) bond motifs is 2. The normalized spacial score (nSPS) is 15.5. The minimum absolute atomic E-state index is 0.753. The van der Waals surface area contributed by atoms with E-state index in [9.17, 15) is 0 Å². The average molecular weight is 378 g/mol. The van der Waals surface area contributed by atoms with Crippen LogP contribution in [0.3, 0.4) is 0 Å². The lowest BCUT2D eigenvalue weighted by molar-refractivity contribution is 0.305. The van der Waals surface area contributed by atoms with Gasteiger partial charge >= 0.3 is 0 Å². The Hall–Kier alpha value is -2.56. The first-order chi connectivity index (χ1) is 13.3. The standard InChI is InChI=1S/C22H20ClN3O/c23-18-4-5-21-19(13-18)17(15-27-21)8-12-25-10-6-16(7-11-25)20-14-24-22-3-1-2-9-26(20)22/h1-6,9,13-15H,7-8,10-12H2. The number of hydrogen-bond acceptors (Lipinski definition) is 3. The molecule has 0 spiro atoms. The second kappa shape index (κ2) is 6.87. The van der Waals surface area contributed by atoms with Crippen molar-refractivity contribution in [1.29, 1.82) is 0 Å². The molecule has 0 aliphatic carbocycles. The number of nitrogens with zero attached hydrogens (tertiary/aromatic N) is 3. The van der Waals surface area contributed by atoms with Gasteiger partial charge in [0.05, 0.1) is 18.2 Å². The maximum Gasteiger partial charge on any atom is 0.137 e. The fourth-order valence-electron chi connectivity index (χ4n) is 3.84. The van der Waals surface area contributed by atoms with Crippen LogP contribution in [-0.4, -0.2) is 33.9 Å². The molecular weight excluding hydrogens is 358 g/mol. The molecule has 27 heavy (non-hydrogen) atoms. The lowest BCUT2D eigenvalue weighted by Gasteiger charge is -2.26. The zero-order chi connectivity index (χ0) is 18.2. The quantitative estimate of drug-likeness (QED) is 0.498. The summed E-state index contributed by atoms with van der Waals surface area (Å²) in [6.07, 6.45) is 10.3. The molecule has 0 radical (unpaired) electrons. The summed E-state index contributed by atoms with van der Waals surface area (Å²) in [5, 5.41) is 1.88. The van der Waals surface area contributed by atoms with Crippen molar-refractivity contribution in [1.82, 2.24) is 14.3 Å². The Morgan fingerprint density at radius 3 is 3.04 bits per heavy atom. The summed E-state index contributed by atoms with van der Waals surface area (Å²) >= 11 is 6.14. The Morgan fingerprint density at radius 1 is 1.19 bits per heavy atom. The van der Waals surface area contributed by atoms with Crippen LogP contribution in [0.15, 0.2) is 65.5 Å². The number of aromatic nitrogens is 2. The molecule has 0 saturated carbocycles. The zero-order valence-electron chi connectivity index (χ0n) is 14.9. The molecule has 4 heterocycles. The SMILES string of the molecule is Clc1ccc2occ(CCN3CC=C(c4cnc5ccccn45)CC3)c2c1. The largest absolute Gasteiger partial charge is 0.464 e. The molecule has 5 heteroatoms. The van der Waals surface area contributed by atoms with Crippen LogP contribution in [0.1, 0.15) is 17.7 Å². The molecule has 0 N–H and O–H groups in total. The van der Waals surface area contributed by atoms with Crippen LogP contribution < -0.4 is 0 Å². The van der Waals surface area contributed by atoms with Crippen molar-refractivity contribution in [2.24, 2.45) is 0 Å². The molecule has 0 saturated heterocycles. The van der Waals surface area contributed by atoms with E-state index in [1.807, 2.05) is 42.8 Å². The van der Waals surface area contributed by atoms with E-state index < -0.39 is 0 Å². The van der Waals surface area contributed by atoms with Crippen LogP contribution >= 0.6 is 11.6 Å². The smallest absolute Gasteiger partial charge is 0.137 e. The first-order valence-electron chi connectivity index (χ1n) is 9.27. The minimum atomic E-state index is 0.753. The fraction of sp³-hybridized carbons (Fsp3) is 0.227. The third-order valence-corrected chi connectivity index (χ3v) is 5.59. The number of halogens is 1. The van der Waals surface area contributed by atoms with Gasteiger partial charge in [0, 0.05) is 36.2 Å². The minimum Gasteiger partial charge on any atom is -0.464 e. The van der Waals surface area contributed by atoms with Crippen LogP contribution in [0.4, 0.5) is 0 Å². The molecule has 1 aliphatic heterocycles. The molecule has 0 bridgehead atoms. The van der Waals surface area contributed by atoms with Gasteiger partial charge in [-0.25, -0.2) is 4.98 Å². The van der Waals surface area contributed by atoms with Crippen molar-refractivity contribution < 1.29 is 4.42 Å². The molecule has 0 fully saturated rings. The third-order valence-electron chi connectivity index (χ3n) is 5.35. The van der Waals surface area contributed by atoms with Crippen LogP contribution in [0, 0.1) is 0 Å². The van der Waals surface area contributed by atoms with Crippen molar-refractivity contribution in [3.05, 3.63) is 77.4 Å². The lowest BCUT2D eigenvalue weighted by atomic mass is 10.0. The fourth-order valence-corrected chi connectivity index (χ4v) is 4.02. The summed E-state index contributed by atoms with van der Waals surface area (Å²) in [6, 6.07) is 11.9. The number of benzene rings is 1. The van der Waals surface area contributed by atoms with Gasteiger partial charge in [0.1, 0.15) is 11.2 Å². The van der Waals surface area contributed by atoms with E-state index in [4.69, 9.17) is 16.0 Å². The van der Waals surface area contributed by atoms with Crippen LogP contribution in [0.5, 0.6) is 0 Å². The molecular formula is C22H20ClN3O. The molecule has 0 amide bonds. The molecule has 136 valence electrons. The van der Waals surface area contributed by atoms with Crippen molar-refractivity contribution in [2.75, 3.05) is 19.6 Å². The van der Waals surface area contributed by atoms with Crippen LogP contribution in [0.2, 0.25) is 5.02 Å². The summed E-state index contributed by atoms with van der Waals surface area (Å²) in [7, 11) is 0. The van der Waals surface area contributed by atoms with E-state index in [0.717, 1.165) is 54.1 Å². The topological polar surface area (TPSA) is 33.7 Å². The van der Waals surface area contributed by atoms with E-state index in [-0.39, 0.29) is 0 Å². The molecule has 3 aromatic heterocycles. The van der Waals surface area contributed by atoms with Gasteiger partial charge in [-0.3, -0.25) is 4.90 Å². The van der Waals surface area contributed by atoms with E-state index in [1.165, 1.54) is 16.8 Å². The lowest BCUT2D eigenvalue weighted by Crippen LogP contribution is -2.30. The average Bonchev–Trinajstić information content (AvgIpc) is 3.31. The highest BCUT2D eigenvalue weighted by atomic mass is 35.5. The van der Waals surface area contributed by atoms with Gasteiger partial charge in [0.2, 0.25) is 0 Å². The second-order valence-corrected chi connectivity index (χ2v) is 7.44. The highest BCUT2D eigenvalue weighted by Crippen LogP contribution is 2.26. The van der Waals surface area contributed by atoms with E-state index in [1.54, 1.807) is 0 Å². The molecule has 4 nitrogen and oxygen atoms in total. The summed E-state index contributed by atoms with van der Waals surface area (Å²) < 4.78 is 7.82. The van der Waals surface area contributed by atoms with Gasteiger partial charge in [-0.2, -0.15) is 0 Å². The molecule has 1 aromatic carbocycles. The second-order valence-electron chi connectivity index (χ2n) is 7.00. The van der Waals surface area contributed by atoms with Gasteiger partial charge in [-0.1, -0.05) is 23.7 Å². The predicted octanol–water partition coefficient (Wildman–Crippen LogP) is 5.07. The Labute approximate surface area is 162 Å². The molecule has 5 rings (SSSR count). The van der Waals surface area contributed by atoms with Crippen molar-refractivity contribution >= 4 is 33.8 Å². The number of pyridine rings is 1. The highest BCUT2D eigenvalue weighted by molar-refractivity contribution is 6.31. The van der Waals surface area contributed by atoms with Gasteiger partial charge in [0.25, 0.3) is 0 Å². The first-order valence-corrected chi connectivity index (χ1v) is 9.65. The Bertz CT molecular complexity index is 1140. The van der Waals surface area contributed by atoms with Crippen molar-refractivity contribution in [2.45, 2.75) is 12.8 Å². The van der Waals surface area contributed by atoms with E-state index in [2.05, 4.69) is 32.6 Å². The molecule has 1 aliphatic rings. The van der Waals surface area contributed by atoms with Gasteiger partial charge in [0.15, 0.2) is 0 Å². The van der Waals surface area contributed by atoms with E-state index in [0.29, 0.717) is 0 Å². The Kier molecular flexibility index (Phi) is 4.23. The zero-order valence-corrected chi connectivity index (χ0v) is 15.7. The first kappa shape index (κ1) is 16.6. The Balaban J connectivity index is 1.28. The maximum absolute atomic E-state index is 6.14. The van der Waals surface area contributed by atoms with Crippen LogP contribution in [0.25, 0.3) is 22.2 Å². The van der Waals surface area contributed by atoms with Crippen LogP contribution in [-0.2, 0) is 6.42 Å². The summed E-state index contributed by atoms with van der Waals surface area (Å²) in [6.45, 7) is 3.03. The van der Waals surface area contributed by atoms with Gasteiger partial charge in [-0.15, -0.1) is 0 Å². The molecule has 0 unspecified atom stereocenters. The number of furan rings is 1. The van der Waals surface area contributed by atoms with E-state index >= 15 is 0 Å². The summed E-state index contributed by atoms with van der Waals surface area (Å²) in [5.74, 6) is 0. The summed E-state index contributed by atoms with van der Waals surface area (Å²) in [5.41, 5.74) is 5.72. The molecule has 4 aromatic rings. The monoisotopic (exact) mass is 377 g/mol. The van der Waals surface area contributed by atoms with Crippen molar-refractivity contribution in [3.63, 3.8) is 0 Å². The maximum atomic E-state index is 6.14. The summed E-state index contributed by atoms with van der Waals surface area (Å²) in [4.78, 5) is 6.99. The molecule has 0 atom stereocenters.